The Kier molecular flexibility index (Phi) is 2.77. The molecule has 1 saturated carbocycles. The van der Waals surface area contributed by atoms with E-state index in [1.807, 2.05) is 0 Å². The largest absolute Gasteiger partial charge is 0.298 e. The summed E-state index contributed by atoms with van der Waals surface area (Å²) in [6.45, 7) is 9.52. The number of rotatable bonds is 3. The van der Waals surface area contributed by atoms with Gasteiger partial charge in [-0.2, -0.15) is 5.26 Å². The Hall–Kier alpha value is -0.550. The summed E-state index contributed by atoms with van der Waals surface area (Å²) in [5.74, 6) is 2.88. The highest BCUT2D eigenvalue weighted by Gasteiger charge is 2.56. The lowest BCUT2D eigenvalue weighted by atomic mass is 10.0. The normalized spacial score (nSPS) is 34.9. The van der Waals surface area contributed by atoms with E-state index in [0.29, 0.717) is 5.54 Å². The van der Waals surface area contributed by atoms with Crippen LogP contribution < -0.4 is 0 Å². The summed E-state index contributed by atoms with van der Waals surface area (Å²) in [7, 11) is 0. The third kappa shape index (κ3) is 2.18. The smallest absolute Gasteiger partial charge is 0.0621 e. The molecule has 0 spiro atoms. The fraction of sp³-hybridized carbons (Fsp3) is 0.923. The van der Waals surface area contributed by atoms with Gasteiger partial charge in [-0.25, -0.2) is 0 Å². The minimum atomic E-state index is 0.352. The van der Waals surface area contributed by atoms with E-state index in [4.69, 9.17) is 5.26 Å². The molecule has 0 amide bonds. The van der Waals surface area contributed by atoms with Gasteiger partial charge < -0.3 is 0 Å². The van der Waals surface area contributed by atoms with Crippen molar-refractivity contribution in [2.24, 2.45) is 17.8 Å². The van der Waals surface area contributed by atoms with Crippen LogP contribution in [0.15, 0.2) is 0 Å². The van der Waals surface area contributed by atoms with Crippen LogP contribution in [0.5, 0.6) is 0 Å². The topological polar surface area (TPSA) is 27.0 Å². The second kappa shape index (κ2) is 3.79. The molecule has 1 aliphatic carbocycles. The van der Waals surface area contributed by atoms with Crippen molar-refractivity contribution in [1.29, 1.82) is 5.26 Å². The number of hydrogen-bond acceptors (Lipinski definition) is 2. The third-order valence-electron chi connectivity index (χ3n) is 4.15. The van der Waals surface area contributed by atoms with E-state index in [0.717, 1.165) is 30.6 Å². The van der Waals surface area contributed by atoms with Crippen LogP contribution in [0.2, 0.25) is 0 Å². The van der Waals surface area contributed by atoms with Crippen molar-refractivity contribution in [2.45, 2.75) is 45.6 Å². The average molecular weight is 206 g/mol. The molecule has 15 heavy (non-hydrogen) atoms. The third-order valence-corrected chi connectivity index (χ3v) is 4.15. The van der Waals surface area contributed by atoms with E-state index >= 15 is 0 Å². The average Bonchev–Trinajstić information content (AvgIpc) is 2.60. The molecule has 2 fully saturated rings. The second-order valence-corrected chi connectivity index (χ2v) is 6.12. The van der Waals surface area contributed by atoms with Crippen LogP contribution in [0.4, 0.5) is 0 Å². The van der Waals surface area contributed by atoms with Crippen LogP contribution in [0, 0.1) is 29.1 Å². The van der Waals surface area contributed by atoms with Gasteiger partial charge in [-0.15, -0.1) is 0 Å². The lowest BCUT2D eigenvalue weighted by Crippen LogP contribution is -2.41. The Bertz CT molecular complexity index is 259. The highest BCUT2D eigenvalue weighted by molar-refractivity contribution is 5.06. The first-order valence-corrected chi connectivity index (χ1v) is 6.16. The van der Waals surface area contributed by atoms with Gasteiger partial charge in [-0.3, -0.25) is 4.90 Å². The van der Waals surface area contributed by atoms with Crippen molar-refractivity contribution in [1.82, 2.24) is 4.90 Å². The van der Waals surface area contributed by atoms with Crippen LogP contribution in [-0.4, -0.2) is 23.5 Å². The molecular weight excluding hydrogens is 184 g/mol. The Morgan fingerprint density at radius 3 is 2.33 bits per heavy atom. The predicted octanol–water partition coefficient (Wildman–Crippen LogP) is 2.66. The van der Waals surface area contributed by atoms with Crippen LogP contribution >= 0.6 is 0 Å². The van der Waals surface area contributed by atoms with Crippen LogP contribution in [-0.2, 0) is 0 Å². The van der Waals surface area contributed by atoms with Crippen molar-refractivity contribution in [3.05, 3.63) is 0 Å². The second-order valence-electron chi connectivity index (χ2n) is 6.12. The predicted molar refractivity (Wildman–Crippen MR) is 61.3 cm³/mol. The molecule has 0 aromatic rings. The summed E-state index contributed by atoms with van der Waals surface area (Å²) in [6, 6.07) is 2.24. The molecule has 84 valence electrons. The van der Waals surface area contributed by atoms with Gasteiger partial charge in [0.05, 0.1) is 6.07 Å². The molecule has 2 unspecified atom stereocenters. The maximum atomic E-state index is 8.49. The molecule has 2 heteroatoms. The number of likely N-dealkylation sites (tertiary alicyclic amines) is 1. The number of fused-ring (bicyclic) bond motifs is 1. The van der Waals surface area contributed by atoms with E-state index in [1.165, 1.54) is 19.5 Å². The van der Waals surface area contributed by atoms with Crippen LogP contribution in [0.25, 0.3) is 0 Å². The number of hydrogen-bond donors (Lipinski definition) is 0. The fourth-order valence-corrected chi connectivity index (χ4v) is 3.04. The first-order chi connectivity index (χ1) is 7.04. The molecule has 1 aliphatic heterocycles. The van der Waals surface area contributed by atoms with Gasteiger partial charge in [-0.1, -0.05) is 0 Å². The molecule has 0 aromatic heterocycles. The molecule has 2 aliphatic rings. The molecule has 1 saturated heterocycles. The van der Waals surface area contributed by atoms with Gasteiger partial charge in [0.2, 0.25) is 0 Å². The van der Waals surface area contributed by atoms with Gasteiger partial charge in [-0.05, 0) is 51.4 Å². The Labute approximate surface area is 93.3 Å². The zero-order valence-electron chi connectivity index (χ0n) is 10.2. The lowest BCUT2D eigenvalue weighted by Gasteiger charge is -2.33. The van der Waals surface area contributed by atoms with E-state index in [2.05, 4.69) is 31.7 Å². The number of nitrogens with zero attached hydrogens (tertiary/aromatic N) is 2. The summed E-state index contributed by atoms with van der Waals surface area (Å²) in [5.41, 5.74) is 0.352. The lowest BCUT2D eigenvalue weighted by molar-refractivity contribution is 0.146. The molecule has 0 N–H and O–H groups in total. The van der Waals surface area contributed by atoms with E-state index < -0.39 is 0 Å². The summed E-state index contributed by atoms with van der Waals surface area (Å²) < 4.78 is 0. The quantitative estimate of drug-likeness (QED) is 0.664. The van der Waals surface area contributed by atoms with Crippen molar-refractivity contribution < 1.29 is 0 Å². The van der Waals surface area contributed by atoms with Gasteiger partial charge in [0.15, 0.2) is 0 Å². The Balaban J connectivity index is 1.72. The van der Waals surface area contributed by atoms with E-state index in [-0.39, 0.29) is 0 Å². The van der Waals surface area contributed by atoms with Gasteiger partial charge in [0.25, 0.3) is 0 Å². The first kappa shape index (κ1) is 11.0. The maximum absolute atomic E-state index is 8.49. The molecule has 0 radical (unpaired) electrons. The molecule has 2 rings (SSSR count). The number of nitriles is 1. The summed E-state index contributed by atoms with van der Waals surface area (Å²) in [4.78, 5) is 2.61. The molecule has 0 aromatic carbocycles. The fourth-order valence-electron chi connectivity index (χ4n) is 3.04. The monoisotopic (exact) mass is 206 g/mol. The van der Waals surface area contributed by atoms with Crippen molar-refractivity contribution in [2.75, 3.05) is 13.1 Å². The van der Waals surface area contributed by atoms with Crippen LogP contribution in [0.1, 0.15) is 40.0 Å². The number of unbranched alkanes of at least 4 members (excludes halogenated alkanes) is 1. The van der Waals surface area contributed by atoms with Crippen molar-refractivity contribution in [3.63, 3.8) is 0 Å². The number of piperidine rings is 1. The Morgan fingerprint density at radius 1 is 1.27 bits per heavy atom. The molecular formula is C13H22N2. The van der Waals surface area contributed by atoms with Gasteiger partial charge in [0.1, 0.15) is 0 Å². The molecule has 2 nitrogen and oxygen atoms in total. The molecule has 0 bridgehead atoms. The van der Waals surface area contributed by atoms with E-state index in [1.54, 1.807) is 0 Å². The van der Waals surface area contributed by atoms with Crippen molar-refractivity contribution in [3.8, 4) is 6.07 Å². The van der Waals surface area contributed by atoms with Crippen LogP contribution in [0.3, 0.4) is 0 Å². The van der Waals surface area contributed by atoms with Gasteiger partial charge >= 0.3 is 0 Å². The highest BCUT2D eigenvalue weighted by atomic mass is 15.2. The molecule has 1 heterocycles. The summed E-state index contributed by atoms with van der Waals surface area (Å²) in [5, 5.41) is 8.49. The Morgan fingerprint density at radius 2 is 1.87 bits per heavy atom. The maximum Gasteiger partial charge on any atom is 0.0621 e. The van der Waals surface area contributed by atoms with E-state index in [9.17, 15) is 0 Å². The molecule has 2 atom stereocenters. The van der Waals surface area contributed by atoms with Gasteiger partial charge in [0, 0.05) is 25.0 Å². The zero-order chi connectivity index (χ0) is 11.1. The SMILES string of the molecule is CC(C)(C)N1CC2C(CCCC#N)C2C1. The summed E-state index contributed by atoms with van der Waals surface area (Å²) in [6.07, 6.45) is 3.16. The minimum Gasteiger partial charge on any atom is -0.298 e. The summed E-state index contributed by atoms with van der Waals surface area (Å²) >= 11 is 0. The van der Waals surface area contributed by atoms with Crippen molar-refractivity contribution >= 4 is 0 Å². The minimum absolute atomic E-state index is 0.352. The first-order valence-electron chi connectivity index (χ1n) is 6.16. The highest BCUT2D eigenvalue weighted by Crippen LogP contribution is 2.55. The standard InChI is InChI=1S/C13H22N2/c1-13(2,3)15-8-11-10(12(11)9-15)6-4-5-7-14/h10-12H,4-6,8-9H2,1-3H3. The zero-order valence-corrected chi connectivity index (χ0v) is 10.2.